The van der Waals surface area contributed by atoms with Crippen molar-refractivity contribution in [3.05, 3.63) is 88.4 Å². The molecule has 3 heterocycles. The molecule has 28 nitrogen and oxygen atoms in total. The van der Waals surface area contributed by atoms with E-state index in [0.717, 1.165) is 23.5 Å². The lowest BCUT2D eigenvalue weighted by molar-refractivity contribution is -0.432. The van der Waals surface area contributed by atoms with E-state index in [2.05, 4.69) is 59.4 Å². The zero-order chi connectivity index (χ0) is 55.3. The number of hydrogen-bond acceptors (Lipinski definition) is 27. The van der Waals surface area contributed by atoms with Crippen LogP contribution in [-0.4, -0.2) is 92.6 Å². The SMILES string of the molecule is CS(=O)(=O)O.Cc1cc(N=Nc2c(SOOO)cc3c(S(=O)(=O)O)c(N=Nc4c(C)c(C#N)c5nc6ccccc6n5c4O)ccc3c2O)c(OCCCS(=O)(=O)O)cc1N=Nc1nc2cc(SOOO)c(Cl)cc2s1. The number of aromatic nitrogens is 3. The Morgan fingerprint density at radius 2 is 1.43 bits per heavy atom. The molecule has 8 aromatic rings. The van der Waals surface area contributed by atoms with Crippen LogP contribution in [-0.2, 0) is 49.1 Å². The van der Waals surface area contributed by atoms with Gasteiger partial charge in [0.05, 0.1) is 84.5 Å². The van der Waals surface area contributed by atoms with Crippen molar-refractivity contribution in [2.24, 2.45) is 30.7 Å². The normalized spacial score (nSPS) is 12.5. The summed E-state index contributed by atoms with van der Waals surface area (Å²) >= 11 is 8.32. The lowest BCUT2D eigenvalue weighted by Gasteiger charge is -2.13. The minimum Gasteiger partial charge on any atom is -0.505 e. The summed E-state index contributed by atoms with van der Waals surface area (Å²) in [6, 6.07) is 18.2. The zero-order valence-electron chi connectivity index (χ0n) is 38.4. The van der Waals surface area contributed by atoms with Crippen molar-refractivity contribution in [3.63, 3.8) is 0 Å². The predicted molar refractivity (Wildman–Crippen MR) is 273 cm³/mol. The summed E-state index contributed by atoms with van der Waals surface area (Å²) in [4.78, 5) is 8.13. The fraction of sp³-hybridized carbons (Fsp3) is 0.146. The number of fused-ring (bicyclic) bond motifs is 5. The second-order valence-corrected chi connectivity index (χ2v) is 22.5. The molecule has 35 heteroatoms. The van der Waals surface area contributed by atoms with Gasteiger partial charge in [-0.2, -0.15) is 30.5 Å². The van der Waals surface area contributed by atoms with Gasteiger partial charge >= 0.3 is 0 Å². The third-order valence-corrected chi connectivity index (χ3v) is 14.4. The van der Waals surface area contributed by atoms with Gasteiger partial charge < -0.3 is 14.9 Å². The Morgan fingerprint density at radius 3 is 2.11 bits per heavy atom. The molecule has 0 atom stereocenters. The Labute approximate surface area is 444 Å². The van der Waals surface area contributed by atoms with Crippen LogP contribution in [0, 0.1) is 25.2 Å². The number of para-hydroxylation sites is 2. The van der Waals surface area contributed by atoms with E-state index in [9.17, 15) is 49.8 Å². The summed E-state index contributed by atoms with van der Waals surface area (Å²) in [5, 5.41) is 83.3. The molecule has 7 N–H and O–H groups in total. The number of ether oxygens (including phenoxy) is 1. The van der Waals surface area contributed by atoms with Crippen molar-refractivity contribution in [3.8, 4) is 23.4 Å². The number of aryl methyl sites for hydroxylation is 1. The number of nitrogens with zero attached hydrogens (tertiary/aromatic N) is 10. The third-order valence-electron chi connectivity index (χ3n) is 10.1. The van der Waals surface area contributed by atoms with E-state index in [0.29, 0.717) is 50.0 Å². The first-order valence-electron chi connectivity index (χ1n) is 20.5. The molecule has 0 amide bonds. The van der Waals surface area contributed by atoms with E-state index in [4.69, 9.17) is 31.4 Å². The van der Waals surface area contributed by atoms with E-state index in [1.165, 1.54) is 29.5 Å². The molecular weight excluding hydrogens is 1150 g/mol. The fourth-order valence-corrected chi connectivity index (χ4v) is 10.3. The molecule has 398 valence electrons. The molecule has 0 saturated heterocycles. The zero-order valence-corrected chi connectivity index (χ0v) is 44.0. The Morgan fingerprint density at radius 1 is 0.776 bits per heavy atom. The highest BCUT2D eigenvalue weighted by Crippen LogP contribution is 2.49. The average Bonchev–Trinajstić information content (AvgIpc) is 3.94. The molecule has 0 fully saturated rings. The van der Waals surface area contributed by atoms with Crippen LogP contribution in [0.4, 0.5) is 33.6 Å². The van der Waals surface area contributed by atoms with Crippen LogP contribution in [0.15, 0.2) is 112 Å². The first-order valence-corrected chi connectivity index (χ1v) is 28.1. The highest BCUT2D eigenvalue weighted by Gasteiger charge is 2.27. The standard InChI is InChI=1S/C40H29ClN10O15S5.CH4O3S/c1-18-12-27(30(62-10-5-11-70(56,57)58)15-26(18)46-50-40-44-28-16-31(68-65-63-54)23(41)14-32(28)67-40)47-49-35-33(69-66-64-55)13-21-20(36(35)52)8-9-25(37(21)71(59,60)61)45-48-34-19(2)22(17-42)38-43-24-6-3-4-7-29(24)51(38)39(34)53;1-5(2,3)4/h3-4,6-9,12-16,52-55H,5,10-11H2,1-2H3,(H,56,57,58)(H,59,60,61);1H3,(H,2,3,4). The number of hydrogen-bond donors (Lipinski definition) is 7. The number of benzene rings is 5. The van der Waals surface area contributed by atoms with Crippen molar-refractivity contribution in [1.82, 2.24) is 14.4 Å². The molecule has 0 unspecified atom stereocenters. The Kier molecular flexibility index (Phi) is 17.8. The highest BCUT2D eigenvalue weighted by molar-refractivity contribution is 7.95. The van der Waals surface area contributed by atoms with Crippen LogP contribution in [0.5, 0.6) is 17.4 Å². The maximum Gasteiger partial charge on any atom is 0.297 e. The van der Waals surface area contributed by atoms with Crippen LogP contribution < -0.4 is 4.74 Å². The van der Waals surface area contributed by atoms with E-state index >= 15 is 0 Å². The van der Waals surface area contributed by atoms with Crippen molar-refractivity contribution in [2.45, 2.75) is 35.0 Å². The molecule has 0 radical (unpaired) electrons. The van der Waals surface area contributed by atoms with Crippen LogP contribution >= 0.6 is 47.0 Å². The lowest BCUT2D eigenvalue weighted by atomic mass is 10.1. The summed E-state index contributed by atoms with van der Waals surface area (Å²) in [5.41, 5.74) is 1.22. The Hall–Kier alpha value is -6.63. The maximum absolute atomic E-state index is 13.1. The Balaban J connectivity index is 0.00000160. The molecule has 3 aromatic heterocycles. The van der Waals surface area contributed by atoms with Gasteiger partial charge in [-0.15, -0.1) is 39.4 Å². The van der Waals surface area contributed by atoms with Crippen LogP contribution in [0.25, 0.3) is 37.7 Å². The number of thiazole rings is 1. The van der Waals surface area contributed by atoms with Gasteiger partial charge in [0, 0.05) is 22.4 Å². The smallest absolute Gasteiger partial charge is 0.297 e. The molecule has 76 heavy (non-hydrogen) atoms. The molecule has 0 spiro atoms. The van der Waals surface area contributed by atoms with Gasteiger partial charge in [0.2, 0.25) is 11.0 Å². The monoisotopic (exact) mass is 1180 g/mol. The van der Waals surface area contributed by atoms with Crippen molar-refractivity contribution in [2.75, 3.05) is 18.6 Å². The van der Waals surface area contributed by atoms with Gasteiger partial charge in [-0.1, -0.05) is 45.1 Å². The molecule has 0 aliphatic heterocycles. The topological polar surface area (TPSA) is 418 Å². The first kappa shape index (κ1) is 57.1. The van der Waals surface area contributed by atoms with Gasteiger partial charge in [0.25, 0.3) is 30.4 Å². The first-order chi connectivity index (χ1) is 35.9. The number of phenols is 1. The number of nitriles is 1. The largest absolute Gasteiger partial charge is 0.505 e. The number of rotatable bonds is 18. The van der Waals surface area contributed by atoms with E-state index in [1.54, 1.807) is 43.3 Å². The van der Waals surface area contributed by atoms with Crippen LogP contribution in [0.2, 0.25) is 5.02 Å². The van der Waals surface area contributed by atoms with Gasteiger partial charge in [-0.3, -0.25) is 18.1 Å². The number of halogens is 1. The minimum absolute atomic E-state index is 0.0221. The number of azo groups is 3. The molecule has 0 saturated carbocycles. The second kappa shape index (κ2) is 23.7. The molecule has 5 aromatic carbocycles. The molecular formula is C41H33ClN10O18S6. The molecule has 0 aliphatic rings. The van der Waals surface area contributed by atoms with Gasteiger partial charge in [0.1, 0.15) is 39.3 Å². The number of pyridine rings is 1. The molecule has 8 rings (SSSR count). The van der Waals surface area contributed by atoms with E-state index in [-0.39, 0.29) is 90.5 Å². The van der Waals surface area contributed by atoms with Crippen LogP contribution in [0.3, 0.4) is 0 Å². The maximum atomic E-state index is 13.1. The molecule has 0 aliphatic carbocycles. The Bertz CT molecular complexity index is 4070. The van der Waals surface area contributed by atoms with E-state index in [1.807, 2.05) is 6.07 Å². The third kappa shape index (κ3) is 13.5. The number of aromatic hydroxyl groups is 2. The van der Waals surface area contributed by atoms with Crippen molar-refractivity contribution < 1.29 is 83.1 Å². The quantitative estimate of drug-likeness (QED) is 0.0105. The summed E-state index contributed by atoms with van der Waals surface area (Å²) in [6.07, 6.45) is 0.554. The van der Waals surface area contributed by atoms with Gasteiger partial charge in [-0.05, 0) is 74.4 Å². The fourth-order valence-electron chi connectivity index (χ4n) is 6.93. The van der Waals surface area contributed by atoms with E-state index < -0.39 is 64.0 Å². The van der Waals surface area contributed by atoms with Gasteiger partial charge in [0.15, 0.2) is 17.1 Å². The average molecular weight is 1180 g/mol. The second-order valence-electron chi connectivity index (χ2n) is 15.2. The number of imidazole rings is 1. The lowest BCUT2D eigenvalue weighted by Crippen LogP contribution is -2.08. The minimum atomic E-state index is -5.24. The highest BCUT2D eigenvalue weighted by atomic mass is 35.5. The summed E-state index contributed by atoms with van der Waals surface area (Å²) in [6.45, 7) is 2.85. The van der Waals surface area contributed by atoms with Crippen molar-refractivity contribution in [1.29, 1.82) is 5.26 Å². The van der Waals surface area contributed by atoms with Crippen molar-refractivity contribution >= 4 is 149 Å². The summed E-state index contributed by atoms with van der Waals surface area (Å²) in [5.74, 6) is -1.89. The summed E-state index contributed by atoms with van der Waals surface area (Å²) < 4.78 is 112. The van der Waals surface area contributed by atoms with Crippen LogP contribution in [0.1, 0.15) is 23.1 Å². The predicted octanol–water partition coefficient (Wildman–Crippen LogP) is 11.3. The number of phenolic OH excluding ortho intramolecular Hbond substituents is 1. The van der Waals surface area contributed by atoms with Gasteiger partial charge in [-0.25, -0.2) is 20.5 Å². The molecule has 0 bridgehead atoms. The summed E-state index contributed by atoms with van der Waals surface area (Å²) in [7, 11) is -13.3.